The molecule has 0 aromatic heterocycles. The first-order valence-electron chi connectivity index (χ1n) is 9.29. The van der Waals surface area contributed by atoms with Crippen LogP contribution in [0.5, 0.6) is 0 Å². The number of nitrogens with one attached hydrogen (secondary N) is 1. The van der Waals surface area contributed by atoms with Crippen molar-refractivity contribution in [2.24, 2.45) is 16.8 Å². The van der Waals surface area contributed by atoms with Crippen LogP contribution in [0.25, 0.3) is 0 Å². The average molecular weight is 361 g/mol. The van der Waals surface area contributed by atoms with Gasteiger partial charge in [-0.1, -0.05) is 37.3 Å². The smallest absolute Gasteiger partial charge is 0.308 e. The molecule has 6 nitrogen and oxygen atoms in total. The molecule has 0 saturated carbocycles. The van der Waals surface area contributed by atoms with Gasteiger partial charge in [-0.3, -0.25) is 9.79 Å². The number of benzene rings is 1. The van der Waals surface area contributed by atoms with Gasteiger partial charge < -0.3 is 19.7 Å². The van der Waals surface area contributed by atoms with Gasteiger partial charge in [0.1, 0.15) is 0 Å². The van der Waals surface area contributed by atoms with E-state index in [1.165, 1.54) is 12.7 Å². The van der Waals surface area contributed by atoms with E-state index in [9.17, 15) is 4.79 Å². The summed E-state index contributed by atoms with van der Waals surface area (Å²) >= 11 is 0. The number of rotatable bonds is 7. The van der Waals surface area contributed by atoms with E-state index in [0.29, 0.717) is 19.1 Å². The number of hydrogen-bond donors (Lipinski definition) is 1. The molecule has 26 heavy (non-hydrogen) atoms. The minimum atomic E-state index is -0.100. The summed E-state index contributed by atoms with van der Waals surface area (Å²) < 4.78 is 10.6. The van der Waals surface area contributed by atoms with E-state index >= 15 is 0 Å². The number of nitrogens with zero attached hydrogens (tertiary/aromatic N) is 2. The Labute approximate surface area is 156 Å². The summed E-state index contributed by atoms with van der Waals surface area (Å²) in [5.41, 5.74) is 1.19. The van der Waals surface area contributed by atoms with E-state index in [-0.39, 0.29) is 11.9 Å². The van der Waals surface area contributed by atoms with Crippen molar-refractivity contribution in [2.45, 2.75) is 26.4 Å². The Balaban J connectivity index is 1.67. The maximum Gasteiger partial charge on any atom is 0.308 e. The van der Waals surface area contributed by atoms with Crippen LogP contribution in [0.2, 0.25) is 0 Å². The van der Waals surface area contributed by atoms with Crippen LogP contribution in [0.15, 0.2) is 35.3 Å². The van der Waals surface area contributed by atoms with Gasteiger partial charge >= 0.3 is 5.97 Å². The second kappa shape index (κ2) is 10.8. The second-order valence-corrected chi connectivity index (χ2v) is 6.82. The maximum atomic E-state index is 11.6. The number of piperidine rings is 1. The Hall–Kier alpha value is -2.08. The lowest BCUT2D eigenvalue weighted by Crippen LogP contribution is -2.47. The third kappa shape index (κ3) is 6.33. The van der Waals surface area contributed by atoms with Crippen molar-refractivity contribution in [2.75, 3.05) is 40.4 Å². The molecular weight excluding hydrogens is 330 g/mol. The molecule has 1 aromatic rings. The predicted molar refractivity (Wildman–Crippen MR) is 103 cm³/mol. The van der Waals surface area contributed by atoms with Gasteiger partial charge in [0.15, 0.2) is 5.96 Å². The number of aliphatic imine (C=N–C) groups is 1. The molecule has 1 heterocycles. The normalized spacial score (nSPS) is 17.0. The Morgan fingerprint density at radius 2 is 2.00 bits per heavy atom. The van der Waals surface area contributed by atoms with Crippen molar-refractivity contribution in [1.82, 2.24) is 10.2 Å². The lowest BCUT2D eigenvalue weighted by Gasteiger charge is -2.33. The van der Waals surface area contributed by atoms with Crippen molar-refractivity contribution in [3.8, 4) is 0 Å². The second-order valence-electron chi connectivity index (χ2n) is 6.82. The van der Waals surface area contributed by atoms with Gasteiger partial charge in [0.25, 0.3) is 0 Å². The van der Waals surface area contributed by atoms with Crippen molar-refractivity contribution in [3.63, 3.8) is 0 Å². The van der Waals surface area contributed by atoms with Crippen molar-refractivity contribution in [1.29, 1.82) is 0 Å². The molecule has 0 aliphatic carbocycles. The molecule has 1 saturated heterocycles. The molecule has 1 N–H and O–H groups in total. The summed E-state index contributed by atoms with van der Waals surface area (Å²) in [6.45, 7) is 5.94. The molecule has 6 heteroatoms. The van der Waals surface area contributed by atoms with Gasteiger partial charge in [-0.05, 0) is 24.3 Å². The molecule has 0 radical (unpaired) electrons. The highest BCUT2D eigenvalue weighted by atomic mass is 16.5. The number of esters is 1. The minimum Gasteiger partial charge on any atom is -0.469 e. The van der Waals surface area contributed by atoms with E-state index in [4.69, 9.17) is 9.47 Å². The summed E-state index contributed by atoms with van der Waals surface area (Å²) in [4.78, 5) is 18.2. The van der Waals surface area contributed by atoms with Crippen LogP contribution in [0.1, 0.15) is 25.3 Å². The molecule has 0 spiro atoms. The Kier molecular flexibility index (Phi) is 8.41. The van der Waals surface area contributed by atoms with Crippen molar-refractivity contribution in [3.05, 3.63) is 35.9 Å². The van der Waals surface area contributed by atoms with Crippen LogP contribution in [-0.4, -0.2) is 57.2 Å². The van der Waals surface area contributed by atoms with Gasteiger partial charge in [0.05, 0.1) is 26.2 Å². The molecule has 1 aliphatic heterocycles. The largest absolute Gasteiger partial charge is 0.469 e. The monoisotopic (exact) mass is 361 g/mol. The number of methoxy groups -OCH3 is 1. The van der Waals surface area contributed by atoms with Crippen LogP contribution in [0.4, 0.5) is 0 Å². The summed E-state index contributed by atoms with van der Waals surface area (Å²) in [6, 6.07) is 10.2. The van der Waals surface area contributed by atoms with Crippen molar-refractivity contribution < 1.29 is 14.3 Å². The molecule has 144 valence electrons. The van der Waals surface area contributed by atoms with Gasteiger partial charge in [0, 0.05) is 26.7 Å². The fourth-order valence-corrected chi connectivity index (χ4v) is 3.10. The number of guanidine groups is 1. The average Bonchev–Trinajstić information content (AvgIpc) is 2.69. The summed E-state index contributed by atoms with van der Waals surface area (Å²) in [5, 5.41) is 3.43. The first-order chi connectivity index (χ1) is 12.6. The predicted octanol–water partition coefficient (Wildman–Crippen LogP) is 2.30. The molecular formula is C20H31N3O3. The van der Waals surface area contributed by atoms with Gasteiger partial charge in [-0.15, -0.1) is 0 Å². The SMILES string of the molecule is CN=C(NCC(C)COCc1ccccc1)N1CCC(C(=O)OC)CC1. The molecule has 1 unspecified atom stereocenters. The van der Waals surface area contributed by atoms with Crippen LogP contribution >= 0.6 is 0 Å². The van der Waals surface area contributed by atoms with Crippen LogP contribution in [-0.2, 0) is 20.9 Å². The molecule has 1 aromatic carbocycles. The summed E-state index contributed by atoms with van der Waals surface area (Å²) in [6.07, 6.45) is 1.62. The zero-order chi connectivity index (χ0) is 18.8. The molecule has 1 fully saturated rings. The summed E-state index contributed by atoms with van der Waals surface area (Å²) in [5.74, 6) is 1.18. The molecule has 0 bridgehead atoms. The summed E-state index contributed by atoms with van der Waals surface area (Å²) in [7, 11) is 3.25. The van der Waals surface area contributed by atoms with E-state index in [1.807, 2.05) is 18.2 Å². The number of ether oxygens (including phenoxy) is 2. The fourth-order valence-electron chi connectivity index (χ4n) is 3.10. The van der Waals surface area contributed by atoms with Crippen LogP contribution in [0, 0.1) is 11.8 Å². The first-order valence-corrected chi connectivity index (χ1v) is 9.29. The molecule has 2 rings (SSSR count). The Morgan fingerprint density at radius 1 is 1.31 bits per heavy atom. The first kappa shape index (κ1) is 20.2. The number of carbonyl (C=O) groups is 1. The van der Waals surface area contributed by atoms with Gasteiger partial charge in [-0.25, -0.2) is 0 Å². The van der Waals surface area contributed by atoms with Gasteiger partial charge in [-0.2, -0.15) is 0 Å². The molecule has 0 amide bonds. The highest BCUT2D eigenvalue weighted by molar-refractivity contribution is 5.80. The topological polar surface area (TPSA) is 63.2 Å². The Bertz CT molecular complexity index is 569. The molecule has 1 aliphatic rings. The van der Waals surface area contributed by atoms with Crippen LogP contribution < -0.4 is 5.32 Å². The maximum absolute atomic E-state index is 11.6. The Morgan fingerprint density at radius 3 is 2.62 bits per heavy atom. The van der Waals surface area contributed by atoms with Crippen LogP contribution in [0.3, 0.4) is 0 Å². The third-order valence-electron chi connectivity index (χ3n) is 4.66. The fraction of sp³-hybridized carbons (Fsp3) is 0.600. The lowest BCUT2D eigenvalue weighted by molar-refractivity contribution is -0.146. The highest BCUT2D eigenvalue weighted by Crippen LogP contribution is 2.18. The van der Waals surface area contributed by atoms with Gasteiger partial charge in [0.2, 0.25) is 0 Å². The standard InChI is InChI=1S/C20H31N3O3/c1-16(14-26-15-17-7-5-4-6-8-17)13-22-20(21-2)23-11-9-18(10-12-23)19(24)25-3/h4-8,16,18H,9-15H2,1-3H3,(H,21,22). The van der Waals surface area contributed by atoms with E-state index in [2.05, 4.69) is 34.3 Å². The quantitative estimate of drug-likeness (QED) is 0.459. The van der Waals surface area contributed by atoms with E-state index in [0.717, 1.165) is 38.4 Å². The zero-order valence-corrected chi connectivity index (χ0v) is 16.1. The number of likely N-dealkylation sites (tertiary alicyclic amines) is 1. The van der Waals surface area contributed by atoms with E-state index in [1.54, 1.807) is 7.05 Å². The van der Waals surface area contributed by atoms with Crippen molar-refractivity contribution >= 4 is 11.9 Å². The number of hydrogen-bond acceptors (Lipinski definition) is 4. The third-order valence-corrected chi connectivity index (χ3v) is 4.66. The molecule has 1 atom stereocenters. The number of carbonyl (C=O) groups excluding carboxylic acids is 1. The van der Waals surface area contributed by atoms with E-state index < -0.39 is 0 Å². The zero-order valence-electron chi connectivity index (χ0n) is 16.1. The minimum absolute atomic E-state index is 0.0136. The highest BCUT2D eigenvalue weighted by Gasteiger charge is 2.27. The lowest BCUT2D eigenvalue weighted by atomic mass is 9.97.